The molecule has 0 saturated heterocycles. The van der Waals surface area contributed by atoms with Crippen LogP contribution in [0.2, 0.25) is 20.1 Å². The Balaban J connectivity index is 2.14. The summed E-state index contributed by atoms with van der Waals surface area (Å²) in [4.78, 5) is 4.53. The molecule has 3 aromatic rings. The highest BCUT2D eigenvalue weighted by molar-refractivity contribution is 6.37. The number of aromatic nitrogens is 1. The predicted octanol–water partition coefficient (Wildman–Crippen LogP) is 7.10. The standard InChI is InChI=1S/C19H10Cl4N2/c20-13-1-3-15(17(22)8-13)12-7-11(5-6-24)19(25-10-12)16-4-2-14(21)9-18(16)23/h1-4,7-10H,5H2. The highest BCUT2D eigenvalue weighted by Crippen LogP contribution is 2.35. The number of halogens is 4. The van der Waals surface area contributed by atoms with Crippen LogP contribution in [0.25, 0.3) is 22.4 Å². The van der Waals surface area contributed by atoms with Gasteiger partial charge in [0.25, 0.3) is 0 Å². The molecule has 0 saturated carbocycles. The summed E-state index contributed by atoms with van der Waals surface area (Å²) in [7, 11) is 0. The third-order valence-corrected chi connectivity index (χ3v) is 4.76. The van der Waals surface area contributed by atoms with Crippen LogP contribution in [0.1, 0.15) is 5.56 Å². The van der Waals surface area contributed by atoms with Gasteiger partial charge in [-0.15, -0.1) is 0 Å². The fraction of sp³-hybridized carbons (Fsp3) is 0.0526. The summed E-state index contributed by atoms with van der Waals surface area (Å²) >= 11 is 24.5. The van der Waals surface area contributed by atoms with Gasteiger partial charge in [-0.05, 0) is 42.0 Å². The van der Waals surface area contributed by atoms with Crippen LogP contribution < -0.4 is 0 Å². The SMILES string of the molecule is N#CCc1cc(-c2ccc(Cl)cc2Cl)cnc1-c1ccc(Cl)cc1Cl. The van der Waals surface area contributed by atoms with Crippen molar-refractivity contribution in [2.75, 3.05) is 0 Å². The number of nitrogens with zero attached hydrogens (tertiary/aromatic N) is 2. The summed E-state index contributed by atoms with van der Waals surface area (Å²) in [6.45, 7) is 0. The van der Waals surface area contributed by atoms with Crippen LogP contribution in [0.5, 0.6) is 0 Å². The monoisotopic (exact) mass is 406 g/mol. The fourth-order valence-corrected chi connectivity index (χ4v) is 3.54. The van der Waals surface area contributed by atoms with Crippen molar-refractivity contribution in [1.29, 1.82) is 5.26 Å². The first kappa shape index (κ1) is 18.0. The Morgan fingerprint density at radius 2 is 1.44 bits per heavy atom. The maximum absolute atomic E-state index is 9.18. The fourth-order valence-electron chi connectivity index (χ4n) is 2.53. The number of hydrogen-bond donors (Lipinski definition) is 0. The molecule has 25 heavy (non-hydrogen) atoms. The molecule has 0 amide bonds. The molecule has 0 aliphatic carbocycles. The first-order valence-corrected chi connectivity index (χ1v) is 8.77. The van der Waals surface area contributed by atoms with E-state index in [4.69, 9.17) is 46.4 Å². The summed E-state index contributed by atoms with van der Waals surface area (Å²) in [5, 5.41) is 11.3. The average Bonchev–Trinajstić information content (AvgIpc) is 2.56. The van der Waals surface area contributed by atoms with Crippen molar-refractivity contribution in [1.82, 2.24) is 4.98 Å². The zero-order chi connectivity index (χ0) is 18.0. The second-order valence-corrected chi connectivity index (χ2v) is 7.00. The molecule has 6 heteroatoms. The van der Waals surface area contributed by atoms with Gasteiger partial charge < -0.3 is 0 Å². The third-order valence-electron chi connectivity index (χ3n) is 3.66. The van der Waals surface area contributed by atoms with E-state index in [1.54, 1.807) is 36.5 Å². The maximum atomic E-state index is 9.18. The van der Waals surface area contributed by atoms with Gasteiger partial charge in [0.1, 0.15) is 0 Å². The van der Waals surface area contributed by atoms with E-state index >= 15 is 0 Å². The zero-order valence-corrected chi connectivity index (χ0v) is 15.8. The van der Waals surface area contributed by atoms with Crippen molar-refractivity contribution in [2.45, 2.75) is 6.42 Å². The van der Waals surface area contributed by atoms with Gasteiger partial charge in [-0.2, -0.15) is 5.26 Å². The minimum absolute atomic E-state index is 0.195. The van der Waals surface area contributed by atoms with Crippen LogP contribution in [0.4, 0.5) is 0 Å². The van der Waals surface area contributed by atoms with Crippen molar-refractivity contribution >= 4 is 46.4 Å². The molecule has 0 N–H and O–H groups in total. The van der Waals surface area contributed by atoms with Gasteiger partial charge in [-0.25, -0.2) is 0 Å². The molecular formula is C19H10Cl4N2. The summed E-state index contributed by atoms with van der Waals surface area (Å²) in [6, 6.07) is 14.5. The minimum Gasteiger partial charge on any atom is -0.255 e. The Hall–Kier alpha value is -1.76. The van der Waals surface area contributed by atoms with Crippen molar-refractivity contribution in [3.8, 4) is 28.5 Å². The molecule has 3 rings (SSSR count). The van der Waals surface area contributed by atoms with E-state index in [0.29, 0.717) is 25.8 Å². The molecule has 1 aromatic heterocycles. The Kier molecular flexibility index (Phi) is 5.51. The summed E-state index contributed by atoms with van der Waals surface area (Å²) < 4.78 is 0. The van der Waals surface area contributed by atoms with Crippen LogP contribution >= 0.6 is 46.4 Å². The van der Waals surface area contributed by atoms with Crippen molar-refractivity contribution in [3.05, 3.63) is 74.3 Å². The van der Waals surface area contributed by atoms with Crippen molar-refractivity contribution in [3.63, 3.8) is 0 Å². The normalized spacial score (nSPS) is 10.5. The van der Waals surface area contributed by atoms with Gasteiger partial charge in [-0.1, -0.05) is 52.5 Å². The van der Waals surface area contributed by atoms with Crippen LogP contribution in [-0.2, 0) is 6.42 Å². The molecule has 0 atom stereocenters. The topological polar surface area (TPSA) is 36.7 Å². The molecule has 2 nitrogen and oxygen atoms in total. The van der Waals surface area contributed by atoms with E-state index < -0.39 is 0 Å². The number of hydrogen-bond acceptors (Lipinski definition) is 2. The molecule has 0 spiro atoms. The molecular weight excluding hydrogens is 398 g/mol. The molecule has 0 bridgehead atoms. The van der Waals surface area contributed by atoms with Crippen molar-refractivity contribution < 1.29 is 0 Å². The van der Waals surface area contributed by atoms with Gasteiger partial charge >= 0.3 is 0 Å². The van der Waals surface area contributed by atoms with Gasteiger partial charge in [0.2, 0.25) is 0 Å². The summed E-state index contributed by atoms with van der Waals surface area (Å²) in [5.41, 5.74) is 3.74. The highest BCUT2D eigenvalue weighted by Gasteiger charge is 2.14. The number of nitriles is 1. The number of pyridine rings is 1. The van der Waals surface area contributed by atoms with Gasteiger partial charge in [-0.3, -0.25) is 4.98 Å². The zero-order valence-electron chi connectivity index (χ0n) is 12.7. The lowest BCUT2D eigenvalue weighted by molar-refractivity contribution is 1.20. The van der Waals surface area contributed by atoms with Crippen LogP contribution in [0, 0.1) is 11.3 Å². The lowest BCUT2D eigenvalue weighted by Gasteiger charge is -2.12. The van der Waals surface area contributed by atoms with Gasteiger partial charge in [0, 0.05) is 38.0 Å². The van der Waals surface area contributed by atoms with Gasteiger partial charge in [0.15, 0.2) is 0 Å². The van der Waals surface area contributed by atoms with Gasteiger partial charge in [0.05, 0.1) is 23.2 Å². The number of benzene rings is 2. The molecule has 0 unspecified atom stereocenters. The molecule has 2 aromatic carbocycles. The Morgan fingerprint density at radius 3 is 2.00 bits per heavy atom. The predicted molar refractivity (Wildman–Crippen MR) is 104 cm³/mol. The van der Waals surface area contributed by atoms with E-state index in [1.165, 1.54) is 0 Å². The van der Waals surface area contributed by atoms with E-state index in [-0.39, 0.29) is 6.42 Å². The second-order valence-electron chi connectivity index (χ2n) is 5.31. The molecule has 0 aliphatic rings. The van der Waals surface area contributed by atoms with E-state index in [9.17, 15) is 5.26 Å². The summed E-state index contributed by atoms with van der Waals surface area (Å²) in [5.74, 6) is 0. The largest absolute Gasteiger partial charge is 0.255 e. The Morgan fingerprint density at radius 1 is 0.840 bits per heavy atom. The molecule has 0 aliphatic heterocycles. The maximum Gasteiger partial charge on any atom is 0.0759 e. The third kappa shape index (κ3) is 3.92. The first-order chi connectivity index (χ1) is 12.0. The van der Waals surface area contributed by atoms with Crippen LogP contribution in [0.3, 0.4) is 0 Å². The average molecular weight is 408 g/mol. The van der Waals surface area contributed by atoms with E-state index in [0.717, 1.165) is 22.3 Å². The first-order valence-electron chi connectivity index (χ1n) is 7.26. The molecule has 0 fully saturated rings. The van der Waals surface area contributed by atoms with E-state index in [1.807, 2.05) is 12.1 Å². The highest BCUT2D eigenvalue weighted by atomic mass is 35.5. The molecule has 1 heterocycles. The van der Waals surface area contributed by atoms with Crippen LogP contribution in [0.15, 0.2) is 48.7 Å². The lowest BCUT2D eigenvalue weighted by atomic mass is 9.99. The van der Waals surface area contributed by atoms with E-state index in [2.05, 4.69) is 11.1 Å². The quantitative estimate of drug-likeness (QED) is 0.464. The van der Waals surface area contributed by atoms with Crippen LogP contribution in [-0.4, -0.2) is 4.98 Å². The Bertz CT molecular complexity index is 993. The second kappa shape index (κ2) is 7.64. The minimum atomic E-state index is 0.195. The molecule has 124 valence electrons. The molecule has 0 radical (unpaired) electrons. The Labute approximate surface area is 165 Å². The lowest BCUT2D eigenvalue weighted by Crippen LogP contribution is -1.95. The number of rotatable bonds is 3. The summed E-state index contributed by atoms with van der Waals surface area (Å²) in [6.07, 6.45) is 1.90. The van der Waals surface area contributed by atoms with Crippen molar-refractivity contribution in [2.24, 2.45) is 0 Å². The smallest absolute Gasteiger partial charge is 0.0759 e.